The molecule has 0 saturated carbocycles. The van der Waals surface area contributed by atoms with Crippen LogP contribution in [0.5, 0.6) is 0 Å². The Hall–Kier alpha value is -1.92. The second kappa shape index (κ2) is 11.0. The average Bonchev–Trinajstić information content (AvgIpc) is 3.14. The standard InChI is InChI=1S/C19H30N4O3S/c1-7-12(4)17(22-23-20)16(24)9-14(11(2)3)8-13(5)18-21-15(10-27-18)19(25)26-6/h10-14,17H,7-9H2,1-6H3/t12?,13-,14+,17+/m1/s1. The first kappa shape index (κ1) is 23.1. The lowest BCUT2D eigenvalue weighted by atomic mass is 9.81. The first-order valence-corrected chi connectivity index (χ1v) is 10.2. The second-order valence-electron chi connectivity index (χ2n) is 7.41. The molecule has 0 N–H and O–H groups in total. The van der Waals surface area contributed by atoms with E-state index in [9.17, 15) is 9.59 Å². The van der Waals surface area contributed by atoms with E-state index in [-0.39, 0.29) is 23.5 Å². The van der Waals surface area contributed by atoms with Crippen LogP contribution in [0.3, 0.4) is 0 Å². The highest BCUT2D eigenvalue weighted by atomic mass is 32.1. The van der Waals surface area contributed by atoms with Crippen LogP contribution in [0.4, 0.5) is 0 Å². The highest BCUT2D eigenvalue weighted by Gasteiger charge is 2.28. The molecule has 0 aliphatic carbocycles. The number of ether oxygens (including phenoxy) is 1. The van der Waals surface area contributed by atoms with E-state index in [1.807, 2.05) is 13.8 Å². The van der Waals surface area contributed by atoms with Crippen molar-refractivity contribution in [2.75, 3.05) is 7.11 Å². The van der Waals surface area contributed by atoms with Crippen LogP contribution in [0.15, 0.2) is 10.5 Å². The zero-order chi connectivity index (χ0) is 20.6. The lowest BCUT2D eigenvalue weighted by molar-refractivity contribution is -0.122. The van der Waals surface area contributed by atoms with Gasteiger partial charge in [0.15, 0.2) is 5.69 Å². The van der Waals surface area contributed by atoms with Crippen LogP contribution < -0.4 is 0 Å². The highest BCUT2D eigenvalue weighted by molar-refractivity contribution is 7.09. The molecule has 1 aromatic rings. The van der Waals surface area contributed by atoms with Gasteiger partial charge in [-0.15, -0.1) is 11.3 Å². The zero-order valence-electron chi connectivity index (χ0n) is 17.0. The molecule has 1 unspecified atom stereocenters. The Bertz CT molecular complexity index is 682. The van der Waals surface area contributed by atoms with Crippen molar-refractivity contribution in [3.8, 4) is 0 Å². The van der Waals surface area contributed by atoms with Crippen LogP contribution in [0.1, 0.15) is 75.3 Å². The summed E-state index contributed by atoms with van der Waals surface area (Å²) in [6.07, 6.45) is 1.94. The van der Waals surface area contributed by atoms with Gasteiger partial charge in [-0.05, 0) is 29.7 Å². The van der Waals surface area contributed by atoms with Gasteiger partial charge in [0, 0.05) is 22.6 Å². The number of hydrogen-bond acceptors (Lipinski definition) is 6. The highest BCUT2D eigenvalue weighted by Crippen LogP contribution is 2.32. The molecule has 1 aromatic heterocycles. The van der Waals surface area contributed by atoms with Crippen LogP contribution in [0.2, 0.25) is 0 Å². The number of hydrogen-bond donors (Lipinski definition) is 0. The van der Waals surface area contributed by atoms with Gasteiger partial charge in [0.25, 0.3) is 0 Å². The summed E-state index contributed by atoms with van der Waals surface area (Å²) in [5, 5.41) is 6.31. The largest absolute Gasteiger partial charge is 0.464 e. The quantitative estimate of drug-likeness (QED) is 0.217. The predicted molar refractivity (Wildman–Crippen MR) is 107 cm³/mol. The maximum Gasteiger partial charge on any atom is 0.357 e. The molecule has 150 valence electrons. The van der Waals surface area contributed by atoms with Crippen molar-refractivity contribution in [1.82, 2.24) is 4.98 Å². The van der Waals surface area contributed by atoms with Crippen LogP contribution in [-0.2, 0) is 9.53 Å². The number of aromatic nitrogens is 1. The summed E-state index contributed by atoms with van der Waals surface area (Å²) in [5.41, 5.74) is 9.12. The Labute approximate surface area is 165 Å². The van der Waals surface area contributed by atoms with Gasteiger partial charge in [-0.25, -0.2) is 9.78 Å². The van der Waals surface area contributed by atoms with Gasteiger partial charge < -0.3 is 4.74 Å². The van der Waals surface area contributed by atoms with E-state index >= 15 is 0 Å². The summed E-state index contributed by atoms with van der Waals surface area (Å²) in [7, 11) is 1.34. The summed E-state index contributed by atoms with van der Waals surface area (Å²) >= 11 is 1.43. The second-order valence-corrected chi connectivity index (χ2v) is 8.30. The molecule has 0 spiro atoms. The van der Waals surface area contributed by atoms with Gasteiger partial charge >= 0.3 is 5.97 Å². The SMILES string of the molecule is CCC(C)[C@H](N=[N+]=[N-])C(=O)C[C@H](C[C@@H](C)c1nc(C(=O)OC)cs1)C(C)C. The topological polar surface area (TPSA) is 105 Å². The normalized spacial score (nSPS) is 15.5. The number of carbonyl (C=O) groups excluding carboxylic acids is 2. The molecule has 0 bridgehead atoms. The van der Waals surface area contributed by atoms with Gasteiger partial charge in [0.05, 0.1) is 18.2 Å². The van der Waals surface area contributed by atoms with E-state index in [0.29, 0.717) is 18.0 Å². The predicted octanol–water partition coefficient (Wildman–Crippen LogP) is 5.38. The van der Waals surface area contributed by atoms with Crippen molar-refractivity contribution in [1.29, 1.82) is 0 Å². The summed E-state index contributed by atoms with van der Waals surface area (Å²) in [4.78, 5) is 31.6. The third kappa shape index (κ3) is 6.63. The molecular weight excluding hydrogens is 364 g/mol. The van der Waals surface area contributed by atoms with Gasteiger partial charge in [-0.2, -0.15) is 0 Å². The Balaban J connectivity index is 2.86. The third-order valence-electron chi connectivity index (χ3n) is 5.09. The Morgan fingerprint density at radius 2 is 2.00 bits per heavy atom. The molecule has 0 radical (unpaired) electrons. The van der Waals surface area contributed by atoms with Gasteiger partial charge in [-0.1, -0.05) is 46.2 Å². The Morgan fingerprint density at radius 3 is 2.52 bits per heavy atom. The maximum absolute atomic E-state index is 12.8. The van der Waals surface area contributed by atoms with Gasteiger partial charge in [0.1, 0.15) is 5.78 Å². The van der Waals surface area contributed by atoms with Crippen molar-refractivity contribution >= 4 is 23.1 Å². The fraction of sp³-hybridized carbons (Fsp3) is 0.737. The molecule has 4 atom stereocenters. The van der Waals surface area contributed by atoms with Crippen LogP contribution in [0, 0.1) is 17.8 Å². The summed E-state index contributed by atoms with van der Waals surface area (Å²) in [6.45, 7) is 10.2. The molecular formula is C19H30N4O3S. The number of azide groups is 1. The molecule has 1 rings (SSSR count). The van der Waals surface area contributed by atoms with Crippen LogP contribution in [0.25, 0.3) is 10.4 Å². The van der Waals surface area contributed by atoms with Crippen molar-refractivity contribution in [2.24, 2.45) is 22.9 Å². The number of thiazole rings is 1. The van der Waals surface area contributed by atoms with Crippen LogP contribution in [-0.4, -0.2) is 29.9 Å². The Morgan fingerprint density at radius 1 is 1.33 bits per heavy atom. The van der Waals surface area contributed by atoms with E-state index in [1.54, 1.807) is 5.38 Å². The van der Waals surface area contributed by atoms with Gasteiger partial charge in [0.2, 0.25) is 0 Å². The lowest BCUT2D eigenvalue weighted by Crippen LogP contribution is -2.29. The fourth-order valence-electron chi connectivity index (χ4n) is 3.01. The number of ketones is 1. The summed E-state index contributed by atoms with van der Waals surface area (Å²) < 4.78 is 4.70. The number of nitrogens with zero attached hydrogens (tertiary/aromatic N) is 4. The van der Waals surface area contributed by atoms with Crippen molar-refractivity contribution in [2.45, 2.75) is 65.8 Å². The van der Waals surface area contributed by atoms with E-state index < -0.39 is 12.0 Å². The fourth-order valence-corrected chi connectivity index (χ4v) is 3.87. The minimum absolute atomic E-state index is 0.00226. The first-order chi connectivity index (χ1) is 12.7. The van der Waals surface area contributed by atoms with E-state index in [4.69, 9.17) is 10.3 Å². The molecule has 1 heterocycles. The molecule has 0 amide bonds. The molecule has 0 aliphatic heterocycles. The first-order valence-electron chi connectivity index (χ1n) is 9.35. The smallest absolute Gasteiger partial charge is 0.357 e. The molecule has 0 aliphatic rings. The number of carbonyl (C=O) groups is 2. The molecule has 0 aromatic carbocycles. The van der Waals surface area contributed by atoms with Crippen LogP contribution >= 0.6 is 11.3 Å². The monoisotopic (exact) mass is 394 g/mol. The van der Waals surface area contributed by atoms with Crippen molar-refractivity contribution in [3.05, 3.63) is 26.5 Å². The summed E-state index contributed by atoms with van der Waals surface area (Å²) in [6, 6.07) is -0.609. The molecule has 0 fully saturated rings. The van der Waals surface area contributed by atoms with Crippen molar-refractivity contribution in [3.63, 3.8) is 0 Å². The molecule has 0 saturated heterocycles. The number of Topliss-reactive ketones (excluding diaryl/α,β-unsaturated/α-hetero) is 1. The maximum atomic E-state index is 12.8. The molecule has 7 nitrogen and oxygen atoms in total. The minimum Gasteiger partial charge on any atom is -0.464 e. The summed E-state index contributed by atoms with van der Waals surface area (Å²) in [5.74, 6) is 0.169. The average molecular weight is 395 g/mol. The zero-order valence-corrected chi connectivity index (χ0v) is 17.8. The number of esters is 1. The van der Waals surface area contributed by atoms with Crippen molar-refractivity contribution < 1.29 is 14.3 Å². The lowest BCUT2D eigenvalue weighted by Gasteiger charge is -2.25. The van der Waals surface area contributed by atoms with E-state index in [2.05, 4.69) is 35.8 Å². The van der Waals surface area contributed by atoms with E-state index in [0.717, 1.165) is 17.8 Å². The Kier molecular flexibility index (Phi) is 9.46. The molecule has 8 heteroatoms. The number of methoxy groups -OCH3 is 1. The van der Waals surface area contributed by atoms with Gasteiger partial charge in [-0.3, -0.25) is 4.79 Å². The molecule has 27 heavy (non-hydrogen) atoms. The number of rotatable bonds is 11. The minimum atomic E-state index is -0.609. The van der Waals surface area contributed by atoms with E-state index in [1.165, 1.54) is 18.4 Å². The third-order valence-corrected chi connectivity index (χ3v) is 6.17.